The minimum absolute atomic E-state index is 0.0228. The van der Waals surface area contributed by atoms with Crippen LogP contribution in [-0.4, -0.2) is 52.3 Å². The van der Waals surface area contributed by atoms with Crippen LogP contribution >= 0.6 is 11.6 Å². The molecule has 9 unspecified atom stereocenters. The smallest absolute Gasteiger partial charge is 0.312 e. The summed E-state index contributed by atoms with van der Waals surface area (Å²) in [6.07, 6.45) is 7.55. The third kappa shape index (κ3) is 8.03. The van der Waals surface area contributed by atoms with E-state index in [1.54, 1.807) is 52.0 Å². The van der Waals surface area contributed by atoms with Crippen LogP contribution in [0.3, 0.4) is 0 Å². The maximum atomic E-state index is 14.3. The second-order valence-corrected chi connectivity index (χ2v) is 22.2. The number of halogens is 1. The Bertz CT molecular complexity index is 1860. The van der Waals surface area contributed by atoms with Gasteiger partial charge in [0.15, 0.2) is 5.78 Å². The van der Waals surface area contributed by atoms with Crippen molar-refractivity contribution in [2.24, 2.45) is 51.8 Å². The molecule has 320 valence electrons. The van der Waals surface area contributed by atoms with Crippen LogP contribution < -0.4 is 10.6 Å². The number of benzene rings is 1. The van der Waals surface area contributed by atoms with Crippen molar-refractivity contribution in [2.75, 3.05) is 0 Å². The first-order chi connectivity index (χ1) is 26.7. The molecule has 0 spiro atoms. The van der Waals surface area contributed by atoms with Gasteiger partial charge in [-0.3, -0.25) is 24.0 Å². The zero-order valence-corrected chi connectivity index (χ0v) is 37.9. The number of esters is 2. The lowest BCUT2D eigenvalue weighted by Gasteiger charge is -2.67. The average molecular weight is 822 g/mol. The number of amides is 2. The van der Waals surface area contributed by atoms with Crippen molar-refractivity contribution in [3.05, 3.63) is 46.0 Å². The number of allylic oxidation sites excluding steroid dienone is 1. The van der Waals surface area contributed by atoms with E-state index in [2.05, 4.69) is 45.3 Å². The Morgan fingerprint density at radius 3 is 2.09 bits per heavy atom. The van der Waals surface area contributed by atoms with E-state index < -0.39 is 28.1 Å². The van der Waals surface area contributed by atoms with Gasteiger partial charge in [0, 0.05) is 17.0 Å². The molecule has 0 aliphatic heterocycles. The van der Waals surface area contributed by atoms with Gasteiger partial charge in [-0.1, -0.05) is 46.2 Å². The highest BCUT2D eigenvalue weighted by Gasteiger charge is 2.65. The second-order valence-electron chi connectivity index (χ2n) is 21.7. The van der Waals surface area contributed by atoms with E-state index in [4.69, 9.17) is 21.1 Å². The Morgan fingerprint density at radius 1 is 0.862 bits per heavy atom. The lowest BCUT2D eigenvalue weighted by atomic mass is 9.38. The van der Waals surface area contributed by atoms with Crippen molar-refractivity contribution in [3.8, 4) is 0 Å². The van der Waals surface area contributed by atoms with Crippen LogP contribution in [0.25, 0.3) is 0 Å². The maximum absolute atomic E-state index is 14.3. The van der Waals surface area contributed by atoms with E-state index in [9.17, 15) is 24.0 Å². The monoisotopic (exact) mass is 820 g/mol. The van der Waals surface area contributed by atoms with E-state index in [1.165, 1.54) is 0 Å². The van der Waals surface area contributed by atoms with Crippen LogP contribution in [0.5, 0.6) is 0 Å². The minimum Gasteiger partial charge on any atom is -0.462 e. The van der Waals surface area contributed by atoms with Gasteiger partial charge in [-0.15, -0.1) is 0 Å². The summed E-state index contributed by atoms with van der Waals surface area (Å²) in [5, 5.41) is 6.88. The Morgan fingerprint density at radius 2 is 1.47 bits per heavy atom. The zero-order chi connectivity index (χ0) is 43.0. The van der Waals surface area contributed by atoms with Crippen molar-refractivity contribution in [3.63, 3.8) is 0 Å². The average Bonchev–Trinajstić information content (AvgIpc) is 3.40. The van der Waals surface area contributed by atoms with Crippen LogP contribution in [-0.2, 0) is 28.7 Å². The second kappa shape index (κ2) is 15.4. The molecule has 0 saturated heterocycles. The molecule has 0 heterocycles. The van der Waals surface area contributed by atoms with Gasteiger partial charge in [-0.2, -0.15) is 0 Å². The normalized spacial score (nSPS) is 33.7. The maximum Gasteiger partial charge on any atom is 0.312 e. The van der Waals surface area contributed by atoms with E-state index in [1.807, 2.05) is 20.8 Å². The number of Topliss-reactive ketones (excluding diaryl/α,β-unsaturated/α-hetero) is 1. The molecular formula is C48H69ClN2O7. The summed E-state index contributed by atoms with van der Waals surface area (Å²) in [6.45, 7) is 23.9. The number of hydrogen-bond acceptors (Lipinski definition) is 7. The quantitative estimate of drug-likeness (QED) is 0.238. The molecule has 4 saturated carbocycles. The molecule has 5 aliphatic rings. The van der Waals surface area contributed by atoms with Gasteiger partial charge in [0.2, 0.25) is 5.91 Å². The molecule has 1 aromatic carbocycles. The summed E-state index contributed by atoms with van der Waals surface area (Å²) in [4.78, 5) is 67.8. The third-order valence-corrected chi connectivity index (χ3v) is 15.6. The molecule has 58 heavy (non-hydrogen) atoms. The molecule has 9 nitrogen and oxygen atoms in total. The number of fused-ring (bicyclic) bond motifs is 7. The number of carbonyl (C=O) groups excluding carboxylic acids is 5. The molecule has 2 amide bonds. The Labute approximate surface area is 351 Å². The molecule has 9 atom stereocenters. The molecule has 10 heteroatoms. The molecule has 6 rings (SSSR count). The summed E-state index contributed by atoms with van der Waals surface area (Å²) in [7, 11) is 0. The summed E-state index contributed by atoms with van der Waals surface area (Å²) in [5.74, 6) is 0.404. The number of ether oxygens (including phenoxy) is 2. The van der Waals surface area contributed by atoms with Crippen molar-refractivity contribution in [1.82, 2.24) is 10.6 Å². The predicted octanol–water partition coefficient (Wildman–Crippen LogP) is 9.59. The minimum atomic E-state index is -1.23. The van der Waals surface area contributed by atoms with Crippen LogP contribution in [0.4, 0.5) is 0 Å². The first-order valence-corrected chi connectivity index (χ1v) is 22.2. The fourth-order valence-electron chi connectivity index (χ4n) is 12.6. The van der Waals surface area contributed by atoms with E-state index in [0.29, 0.717) is 34.8 Å². The van der Waals surface area contributed by atoms with Crippen LogP contribution in [0.2, 0.25) is 5.02 Å². The summed E-state index contributed by atoms with van der Waals surface area (Å²) >= 11 is 6.05. The number of carbonyl (C=O) groups is 5. The molecular weight excluding hydrogens is 752 g/mol. The number of nitrogens with one attached hydrogen (secondary N) is 2. The number of hydrogen-bond donors (Lipinski definition) is 2. The Kier molecular flexibility index (Phi) is 11.8. The molecule has 0 radical (unpaired) electrons. The summed E-state index contributed by atoms with van der Waals surface area (Å²) < 4.78 is 11.8. The van der Waals surface area contributed by atoms with E-state index in [-0.39, 0.29) is 71.1 Å². The van der Waals surface area contributed by atoms with Gasteiger partial charge in [0.1, 0.15) is 17.2 Å². The molecule has 0 bridgehead atoms. The Balaban J connectivity index is 1.19. The summed E-state index contributed by atoms with van der Waals surface area (Å²) in [5.41, 5.74) is -1.02. The highest BCUT2D eigenvalue weighted by molar-refractivity contribution is 6.30. The van der Waals surface area contributed by atoms with Gasteiger partial charge >= 0.3 is 11.9 Å². The standard InChI is InChI=1S/C48H69ClN2O7/c1-27(2)38-34(52)25-48(51-41(55)45(9,10)50-40(54)29-13-15-30(49)16-14-29)24-20-33-31(39(38)48)17-18-36-46(11)23-21-35(28(3)32(46)19-22-47(33,36)12)57-37(53)26-44(7,8)42(56)58-43(4,5)6/h13-16,27-28,31-33,35-36H,17-26H2,1-12H3,(H,50,54)(H,51,55). The van der Waals surface area contributed by atoms with Gasteiger partial charge in [-0.05, 0) is 182 Å². The van der Waals surface area contributed by atoms with Crippen molar-refractivity contribution < 1.29 is 33.4 Å². The van der Waals surface area contributed by atoms with E-state index in [0.717, 1.165) is 56.1 Å². The summed E-state index contributed by atoms with van der Waals surface area (Å²) in [6, 6.07) is 6.58. The van der Waals surface area contributed by atoms with Gasteiger partial charge in [0.25, 0.3) is 5.91 Å². The Hall–Kier alpha value is -3.20. The first-order valence-electron chi connectivity index (χ1n) is 21.9. The lowest BCUT2D eigenvalue weighted by molar-refractivity contribution is -0.192. The topological polar surface area (TPSA) is 128 Å². The van der Waals surface area contributed by atoms with Crippen molar-refractivity contribution in [1.29, 1.82) is 0 Å². The predicted molar refractivity (Wildman–Crippen MR) is 226 cm³/mol. The highest BCUT2D eigenvalue weighted by Crippen LogP contribution is 2.70. The van der Waals surface area contributed by atoms with Gasteiger partial charge in [0.05, 0.1) is 17.4 Å². The van der Waals surface area contributed by atoms with Gasteiger partial charge < -0.3 is 20.1 Å². The fourth-order valence-corrected chi connectivity index (χ4v) is 12.8. The third-order valence-electron chi connectivity index (χ3n) is 15.4. The van der Waals surface area contributed by atoms with E-state index >= 15 is 0 Å². The molecule has 2 N–H and O–H groups in total. The number of ketones is 1. The molecule has 0 aromatic heterocycles. The number of rotatable bonds is 9. The largest absolute Gasteiger partial charge is 0.462 e. The lowest BCUT2D eigenvalue weighted by Crippen LogP contribution is -2.65. The SMILES string of the molecule is CC(C)C1=C2C3CCC4C(C)(CCC5C(C)C(OC(=O)CC(C)(C)C(=O)OC(C)(C)C)CCC54C)C3CCC2(NC(=O)C(C)(C)NC(=O)c2ccc(Cl)cc2)CC1=O. The van der Waals surface area contributed by atoms with Crippen molar-refractivity contribution in [2.45, 2.75) is 170 Å². The zero-order valence-electron chi connectivity index (χ0n) is 37.2. The van der Waals surface area contributed by atoms with Crippen LogP contribution in [0, 0.1) is 51.8 Å². The molecule has 5 aliphatic carbocycles. The molecule has 4 fully saturated rings. The van der Waals surface area contributed by atoms with Gasteiger partial charge in [-0.25, -0.2) is 0 Å². The first kappa shape index (κ1) is 44.4. The highest BCUT2D eigenvalue weighted by atomic mass is 35.5. The van der Waals surface area contributed by atoms with Crippen molar-refractivity contribution >= 4 is 41.1 Å². The molecule has 1 aromatic rings. The van der Waals surface area contributed by atoms with Crippen LogP contribution in [0.15, 0.2) is 35.4 Å². The van der Waals surface area contributed by atoms with Crippen LogP contribution in [0.1, 0.15) is 158 Å². The fraction of sp³-hybridized carbons (Fsp3) is 0.729.